The molecule has 0 atom stereocenters. The molecule has 8 heteroatoms. The maximum absolute atomic E-state index is 13.1. The van der Waals surface area contributed by atoms with Gasteiger partial charge in [0, 0.05) is 22.6 Å². The summed E-state index contributed by atoms with van der Waals surface area (Å²) in [7, 11) is 1.62. The molecule has 1 saturated heterocycles. The molecule has 1 aromatic heterocycles. The van der Waals surface area contributed by atoms with Crippen LogP contribution in [0.15, 0.2) is 66.4 Å². The normalized spacial score (nSPS) is 15.4. The fourth-order valence-electron chi connectivity index (χ4n) is 3.37. The number of anilines is 1. The number of hydrogen-bond donors (Lipinski definition) is 1. The maximum Gasteiger partial charge on any atom is 0.270 e. The van der Waals surface area contributed by atoms with Crippen molar-refractivity contribution in [1.82, 2.24) is 9.88 Å². The molecule has 0 aliphatic carbocycles. The van der Waals surface area contributed by atoms with E-state index >= 15 is 0 Å². The second-order valence-electron chi connectivity index (χ2n) is 6.92. The predicted octanol–water partition coefficient (Wildman–Crippen LogP) is 4.28. The van der Waals surface area contributed by atoms with Gasteiger partial charge in [-0.15, -0.1) is 0 Å². The fourth-order valence-corrected chi connectivity index (χ4v) is 3.84. The highest BCUT2D eigenvalue weighted by atomic mass is 35.5. The second-order valence-corrected chi connectivity index (χ2v) is 7.74. The van der Waals surface area contributed by atoms with Crippen LogP contribution in [-0.2, 0) is 9.59 Å². The molecule has 1 N–H and O–H groups in total. The standard InChI is InChI=1S/C23H18ClN3O3S/c1-14-10-15(13-26(14)17-6-8-19(30-2)9-7-17)11-20-21(28)25-23(31)27(22(20)29)18-5-3-4-16(24)12-18/h3-13H,1-2H3,(H,25,28,31)/b20-11-. The van der Waals surface area contributed by atoms with Crippen LogP contribution >= 0.6 is 23.8 Å². The highest BCUT2D eigenvalue weighted by Gasteiger charge is 2.34. The zero-order valence-electron chi connectivity index (χ0n) is 16.8. The van der Waals surface area contributed by atoms with Gasteiger partial charge in [-0.1, -0.05) is 17.7 Å². The van der Waals surface area contributed by atoms with Crippen molar-refractivity contribution in [2.24, 2.45) is 0 Å². The largest absolute Gasteiger partial charge is 0.497 e. The van der Waals surface area contributed by atoms with Gasteiger partial charge >= 0.3 is 0 Å². The number of carbonyl (C=O) groups is 2. The highest BCUT2D eigenvalue weighted by molar-refractivity contribution is 7.80. The number of thiocarbonyl (C=S) groups is 1. The molecule has 31 heavy (non-hydrogen) atoms. The Hall–Kier alpha value is -3.42. The Morgan fingerprint density at radius 1 is 1.06 bits per heavy atom. The van der Waals surface area contributed by atoms with Crippen LogP contribution in [0.2, 0.25) is 5.02 Å². The Labute approximate surface area is 189 Å². The van der Waals surface area contributed by atoms with E-state index in [2.05, 4.69) is 5.32 Å². The third-order valence-electron chi connectivity index (χ3n) is 4.86. The van der Waals surface area contributed by atoms with E-state index in [4.69, 9.17) is 28.6 Å². The summed E-state index contributed by atoms with van der Waals surface area (Å²) in [6.07, 6.45) is 3.42. The topological polar surface area (TPSA) is 63.6 Å². The molecular weight excluding hydrogens is 434 g/mol. The van der Waals surface area contributed by atoms with Crippen molar-refractivity contribution >= 4 is 52.5 Å². The number of halogens is 1. The molecule has 0 spiro atoms. The third-order valence-corrected chi connectivity index (χ3v) is 5.38. The number of aromatic nitrogens is 1. The second kappa shape index (κ2) is 8.37. The summed E-state index contributed by atoms with van der Waals surface area (Å²) < 4.78 is 7.17. The molecule has 0 saturated carbocycles. The predicted molar refractivity (Wildman–Crippen MR) is 125 cm³/mol. The van der Waals surface area contributed by atoms with Crippen LogP contribution in [0, 0.1) is 6.92 Å². The zero-order valence-corrected chi connectivity index (χ0v) is 18.3. The molecule has 156 valence electrons. The minimum atomic E-state index is -0.539. The SMILES string of the molecule is COc1ccc(-n2cc(/C=C3/C(=O)NC(=S)N(c4cccc(Cl)c4)C3=O)cc2C)cc1. The van der Waals surface area contributed by atoms with Gasteiger partial charge in [-0.3, -0.25) is 19.8 Å². The number of ether oxygens (including phenoxy) is 1. The molecule has 2 aromatic carbocycles. The fraction of sp³-hybridized carbons (Fsp3) is 0.0870. The van der Waals surface area contributed by atoms with Crippen molar-refractivity contribution in [3.63, 3.8) is 0 Å². The van der Waals surface area contributed by atoms with E-state index < -0.39 is 11.8 Å². The number of aryl methyl sites for hydroxylation is 1. The lowest BCUT2D eigenvalue weighted by atomic mass is 10.1. The smallest absolute Gasteiger partial charge is 0.270 e. The van der Waals surface area contributed by atoms with Gasteiger partial charge in [-0.25, -0.2) is 0 Å². The summed E-state index contributed by atoms with van der Waals surface area (Å²) in [4.78, 5) is 26.9. The van der Waals surface area contributed by atoms with Crippen molar-refractivity contribution < 1.29 is 14.3 Å². The number of methoxy groups -OCH3 is 1. The molecule has 4 rings (SSSR count). The number of nitrogens with zero attached hydrogens (tertiary/aromatic N) is 2. The molecule has 1 aliphatic rings. The van der Waals surface area contributed by atoms with Gasteiger partial charge in [0.05, 0.1) is 12.8 Å². The number of carbonyl (C=O) groups excluding carboxylic acids is 2. The minimum Gasteiger partial charge on any atom is -0.497 e. The van der Waals surface area contributed by atoms with Gasteiger partial charge in [-0.05, 0) is 79.3 Å². The van der Waals surface area contributed by atoms with Gasteiger partial charge in [0.15, 0.2) is 5.11 Å². The first-order valence-electron chi connectivity index (χ1n) is 9.38. The van der Waals surface area contributed by atoms with Crippen LogP contribution < -0.4 is 15.0 Å². The molecule has 0 radical (unpaired) electrons. The Bertz CT molecular complexity index is 1230. The Morgan fingerprint density at radius 3 is 2.48 bits per heavy atom. The van der Waals surface area contributed by atoms with E-state index in [1.807, 2.05) is 48.0 Å². The molecule has 2 amide bonds. The van der Waals surface area contributed by atoms with Gasteiger partial charge in [0.2, 0.25) is 0 Å². The monoisotopic (exact) mass is 451 g/mol. The quantitative estimate of drug-likeness (QED) is 0.365. The van der Waals surface area contributed by atoms with Crippen LogP contribution in [0.1, 0.15) is 11.3 Å². The number of benzene rings is 2. The third kappa shape index (κ3) is 4.10. The summed E-state index contributed by atoms with van der Waals surface area (Å²) in [6.45, 7) is 1.95. The first-order valence-corrected chi connectivity index (χ1v) is 10.2. The molecular formula is C23H18ClN3O3S. The van der Waals surface area contributed by atoms with E-state index in [0.29, 0.717) is 16.3 Å². The summed E-state index contributed by atoms with van der Waals surface area (Å²) in [5, 5.41) is 3.06. The number of nitrogens with one attached hydrogen (secondary N) is 1. The molecule has 1 aliphatic heterocycles. The summed E-state index contributed by atoms with van der Waals surface area (Å²) in [5.74, 6) is -0.286. The van der Waals surface area contributed by atoms with Crippen molar-refractivity contribution in [2.45, 2.75) is 6.92 Å². The molecule has 0 bridgehead atoms. The van der Waals surface area contributed by atoms with Gasteiger partial charge in [0.1, 0.15) is 11.3 Å². The first-order chi connectivity index (χ1) is 14.9. The van der Waals surface area contributed by atoms with Crippen LogP contribution in [-0.4, -0.2) is 28.6 Å². The number of rotatable bonds is 4. The molecule has 1 fully saturated rings. The Morgan fingerprint density at radius 2 is 1.81 bits per heavy atom. The maximum atomic E-state index is 13.1. The van der Waals surface area contributed by atoms with Crippen molar-refractivity contribution in [1.29, 1.82) is 0 Å². The van der Waals surface area contributed by atoms with Gasteiger partial charge in [-0.2, -0.15) is 0 Å². The summed E-state index contributed by atoms with van der Waals surface area (Å²) in [5.41, 5.74) is 3.07. The zero-order chi connectivity index (χ0) is 22.1. The van der Waals surface area contributed by atoms with E-state index in [1.54, 1.807) is 37.5 Å². The van der Waals surface area contributed by atoms with Crippen molar-refractivity contribution in [3.05, 3.63) is 82.6 Å². The summed E-state index contributed by atoms with van der Waals surface area (Å²) >= 11 is 11.3. The molecule has 2 heterocycles. The van der Waals surface area contributed by atoms with Gasteiger partial charge < -0.3 is 9.30 Å². The van der Waals surface area contributed by atoms with Crippen LogP contribution in [0.25, 0.3) is 11.8 Å². The Balaban J connectivity index is 1.69. The molecule has 6 nitrogen and oxygen atoms in total. The van der Waals surface area contributed by atoms with Crippen molar-refractivity contribution in [2.75, 3.05) is 12.0 Å². The lowest BCUT2D eigenvalue weighted by Gasteiger charge is -2.28. The van der Waals surface area contributed by atoms with Crippen molar-refractivity contribution in [3.8, 4) is 11.4 Å². The lowest BCUT2D eigenvalue weighted by molar-refractivity contribution is -0.122. The lowest BCUT2D eigenvalue weighted by Crippen LogP contribution is -2.54. The van der Waals surface area contributed by atoms with E-state index in [0.717, 1.165) is 17.1 Å². The Kier molecular flexibility index (Phi) is 5.63. The number of amides is 2. The van der Waals surface area contributed by atoms with Gasteiger partial charge in [0.25, 0.3) is 11.8 Å². The van der Waals surface area contributed by atoms with E-state index in [9.17, 15) is 9.59 Å². The summed E-state index contributed by atoms with van der Waals surface area (Å²) in [6, 6.07) is 16.2. The van der Waals surface area contributed by atoms with E-state index in [1.165, 1.54) is 4.90 Å². The first kappa shape index (κ1) is 20.8. The van der Waals surface area contributed by atoms with Crippen LogP contribution in [0.5, 0.6) is 5.75 Å². The van der Waals surface area contributed by atoms with E-state index in [-0.39, 0.29) is 10.7 Å². The van der Waals surface area contributed by atoms with Crippen LogP contribution in [0.3, 0.4) is 0 Å². The number of hydrogen-bond acceptors (Lipinski definition) is 4. The highest BCUT2D eigenvalue weighted by Crippen LogP contribution is 2.26. The average Bonchev–Trinajstić information content (AvgIpc) is 3.11. The average molecular weight is 452 g/mol. The van der Waals surface area contributed by atoms with Crippen LogP contribution in [0.4, 0.5) is 5.69 Å². The molecule has 3 aromatic rings. The minimum absolute atomic E-state index is 0.0135. The molecule has 0 unspecified atom stereocenters.